The SMILES string of the molecule is CC(C)(CCO)CNC(=O)/C=C/c1ccc(C#N)cc1. The van der Waals surface area contributed by atoms with E-state index in [1.54, 1.807) is 30.3 Å². The van der Waals surface area contributed by atoms with Crippen LogP contribution in [0.2, 0.25) is 0 Å². The van der Waals surface area contributed by atoms with Gasteiger partial charge in [0.2, 0.25) is 5.91 Å². The van der Waals surface area contributed by atoms with Crippen LogP contribution < -0.4 is 5.32 Å². The van der Waals surface area contributed by atoms with Crippen molar-refractivity contribution in [1.29, 1.82) is 5.26 Å². The molecule has 1 aromatic carbocycles. The van der Waals surface area contributed by atoms with Crippen LogP contribution in [0.15, 0.2) is 30.3 Å². The van der Waals surface area contributed by atoms with Gasteiger partial charge < -0.3 is 10.4 Å². The highest BCUT2D eigenvalue weighted by atomic mass is 16.3. The summed E-state index contributed by atoms with van der Waals surface area (Å²) in [5, 5.41) is 20.4. The molecular formula is C16H20N2O2. The molecule has 106 valence electrons. The number of aliphatic hydroxyl groups is 1. The number of benzene rings is 1. The third-order valence-electron chi connectivity index (χ3n) is 3.00. The molecule has 4 nitrogen and oxygen atoms in total. The van der Waals surface area contributed by atoms with Crippen LogP contribution in [0, 0.1) is 16.7 Å². The summed E-state index contributed by atoms with van der Waals surface area (Å²) in [6.45, 7) is 4.62. The second-order valence-electron chi connectivity index (χ2n) is 5.42. The van der Waals surface area contributed by atoms with Crippen molar-refractivity contribution in [1.82, 2.24) is 5.32 Å². The van der Waals surface area contributed by atoms with Crippen molar-refractivity contribution in [2.75, 3.05) is 13.2 Å². The van der Waals surface area contributed by atoms with Crippen molar-refractivity contribution >= 4 is 12.0 Å². The molecule has 1 amide bonds. The van der Waals surface area contributed by atoms with Crippen LogP contribution in [-0.4, -0.2) is 24.2 Å². The van der Waals surface area contributed by atoms with Crippen molar-refractivity contribution < 1.29 is 9.90 Å². The largest absolute Gasteiger partial charge is 0.396 e. The number of amides is 1. The van der Waals surface area contributed by atoms with Crippen LogP contribution in [0.4, 0.5) is 0 Å². The fourth-order valence-electron chi connectivity index (χ4n) is 1.62. The average Bonchev–Trinajstić information content (AvgIpc) is 2.43. The fraction of sp³-hybridized carbons (Fsp3) is 0.375. The summed E-state index contributed by atoms with van der Waals surface area (Å²) in [4.78, 5) is 11.7. The molecule has 4 heteroatoms. The van der Waals surface area contributed by atoms with Gasteiger partial charge in [-0.3, -0.25) is 4.79 Å². The Morgan fingerprint density at radius 2 is 2.05 bits per heavy atom. The van der Waals surface area contributed by atoms with Crippen molar-refractivity contribution in [3.63, 3.8) is 0 Å². The van der Waals surface area contributed by atoms with Gasteiger partial charge >= 0.3 is 0 Å². The van der Waals surface area contributed by atoms with E-state index in [9.17, 15) is 4.79 Å². The molecule has 0 aromatic heterocycles. The van der Waals surface area contributed by atoms with E-state index in [0.717, 1.165) is 5.56 Å². The molecule has 0 fully saturated rings. The number of hydrogen-bond acceptors (Lipinski definition) is 3. The van der Waals surface area contributed by atoms with Gasteiger partial charge in [0.1, 0.15) is 0 Å². The zero-order valence-corrected chi connectivity index (χ0v) is 11.9. The van der Waals surface area contributed by atoms with Crippen molar-refractivity contribution in [2.45, 2.75) is 20.3 Å². The highest BCUT2D eigenvalue weighted by Crippen LogP contribution is 2.17. The molecule has 1 rings (SSSR count). The van der Waals surface area contributed by atoms with Crippen LogP contribution in [0.3, 0.4) is 0 Å². The van der Waals surface area contributed by atoms with E-state index < -0.39 is 0 Å². The number of rotatable bonds is 6. The van der Waals surface area contributed by atoms with Gasteiger partial charge in [-0.05, 0) is 35.6 Å². The predicted molar refractivity (Wildman–Crippen MR) is 78.7 cm³/mol. The molecule has 0 aliphatic heterocycles. The van der Waals surface area contributed by atoms with E-state index in [0.29, 0.717) is 18.5 Å². The van der Waals surface area contributed by atoms with E-state index in [1.165, 1.54) is 6.08 Å². The molecular weight excluding hydrogens is 252 g/mol. The number of nitriles is 1. The first-order valence-electron chi connectivity index (χ1n) is 6.54. The van der Waals surface area contributed by atoms with Crippen molar-refractivity contribution in [3.8, 4) is 6.07 Å². The molecule has 0 radical (unpaired) electrons. The predicted octanol–water partition coefficient (Wildman–Crippen LogP) is 2.10. The normalized spacial score (nSPS) is 11.3. The van der Waals surface area contributed by atoms with Crippen LogP contribution >= 0.6 is 0 Å². The summed E-state index contributed by atoms with van der Waals surface area (Å²) in [5.41, 5.74) is 1.35. The highest BCUT2D eigenvalue weighted by molar-refractivity contribution is 5.91. The van der Waals surface area contributed by atoms with Gasteiger partial charge in [-0.1, -0.05) is 26.0 Å². The first kappa shape index (κ1) is 15.9. The molecule has 0 spiro atoms. The van der Waals surface area contributed by atoms with E-state index in [2.05, 4.69) is 5.32 Å². The van der Waals surface area contributed by atoms with Gasteiger partial charge in [0.15, 0.2) is 0 Å². The Hall–Kier alpha value is -2.12. The number of carbonyl (C=O) groups excluding carboxylic acids is 1. The molecule has 20 heavy (non-hydrogen) atoms. The summed E-state index contributed by atoms with van der Waals surface area (Å²) >= 11 is 0. The Labute approximate surface area is 119 Å². The maximum atomic E-state index is 11.7. The summed E-state index contributed by atoms with van der Waals surface area (Å²) < 4.78 is 0. The van der Waals surface area contributed by atoms with Crippen molar-refractivity contribution in [3.05, 3.63) is 41.5 Å². The summed E-state index contributed by atoms with van der Waals surface area (Å²) in [5.74, 6) is -0.166. The van der Waals surface area contributed by atoms with Crippen molar-refractivity contribution in [2.24, 2.45) is 5.41 Å². The first-order chi connectivity index (χ1) is 9.46. The zero-order valence-electron chi connectivity index (χ0n) is 11.9. The molecule has 2 N–H and O–H groups in total. The second-order valence-corrected chi connectivity index (χ2v) is 5.42. The molecule has 0 unspecified atom stereocenters. The lowest BCUT2D eigenvalue weighted by molar-refractivity contribution is -0.116. The monoisotopic (exact) mass is 272 g/mol. The molecule has 0 bridgehead atoms. The smallest absolute Gasteiger partial charge is 0.244 e. The maximum Gasteiger partial charge on any atom is 0.244 e. The Morgan fingerprint density at radius 3 is 2.60 bits per heavy atom. The lowest BCUT2D eigenvalue weighted by Crippen LogP contribution is -2.33. The van der Waals surface area contributed by atoms with E-state index in [-0.39, 0.29) is 17.9 Å². The Balaban J connectivity index is 2.49. The second kappa shape index (κ2) is 7.46. The molecule has 1 aromatic rings. The third kappa shape index (κ3) is 5.68. The summed E-state index contributed by atoms with van der Waals surface area (Å²) in [7, 11) is 0. The van der Waals surface area contributed by atoms with Gasteiger partial charge in [0, 0.05) is 19.2 Å². The molecule has 0 saturated heterocycles. The fourth-order valence-corrected chi connectivity index (χ4v) is 1.62. The summed E-state index contributed by atoms with van der Waals surface area (Å²) in [6.07, 6.45) is 3.82. The Bertz CT molecular complexity index is 510. The minimum absolute atomic E-state index is 0.115. The van der Waals surface area contributed by atoms with Gasteiger partial charge in [-0.25, -0.2) is 0 Å². The minimum atomic E-state index is -0.166. The molecule has 0 heterocycles. The first-order valence-corrected chi connectivity index (χ1v) is 6.54. The van der Waals surface area contributed by atoms with Crippen LogP contribution in [0.25, 0.3) is 6.08 Å². The molecule has 0 aliphatic rings. The van der Waals surface area contributed by atoms with E-state index in [4.69, 9.17) is 10.4 Å². The summed E-state index contributed by atoms with van der Waals surface area (Å²) in [6, 6.07) is 9.04. The lowest BCUT2D eigenvalue weighted by Gasteiger charge is -2.23. The number of hydrogen-bond donors (Lipinski definition) is 2. The molecule has 0 aliphatic carbocycles. The van der Waals surface area contributed by atoms with Crippen LogP contribution in [0.5, 0.6) is 0 Å². The topological polar surface area (TPSA) is 73.1 Å². The Kier molecular flexibility index (Phi) is 5.95. The minimum Gasteiger partial charge on any atom is -0.396 e. The van der Waals surface area contributed by atoms with Gasteiger partial charge in [-0.2, -0.15) is 5.26 Å². The third-order valence-corrected chi connectivity index (χ3v) is 3.00. The maximum absolute atomic E-state index is 11.7. The van der Waals surface area contributed by atoms with E-state index in [1.807, 2.05) is 19.9 Å². The Morgan fingerprint density at radius 1 is 1.40 bits per heavy atom. The van der Waals surface area contributed by atoms with Gasteiger partial charge in [-0.15, -0.1) is 0 Å². The molecule has 0 atom stereocenters. The number of aliphatic hydroxyl groups excluding tert-OH is 1. The lowest BCUT2D eigenvalue weighted by atomic mass is 9.90. The van der Waals surface area contributed by atoms with Crippen LogP contribution in [-0.2, 0) is 4.79 Å². The molecule has 0 saturated carbocycles. The number of nitrogens with zero attached hydrogens (tertiary/aromatic N) is 1. The van der Waals surface area contributed by atoms with Gasteiger partial charge in [0.05, 0.1) is 11.6 Å². The quantitative estimate of drug-likeness (QED) is 0.779. The standard InChI is InChI=1S/C16H20N2O2/c1-16(2,9-10-19)12-18-15(20)8-7-13-3-5-14(11-17)6-4-13/h3-8,19H,9-10,12H2,1-2H3,(H,18,20)/b8-7+. The average molecular weight is 272 g/mol. The van der Waals surface area contributed by atoms with Crippen LogP contribution in [0.1, 0.15) is 31.4 Å². The van der Waals surface area contributed by atoms with Gasteiger partial charge in [0.25, 0.3) is 0 Å². The number of carbonyl (C=O) groups is 1. The highest BCUT2D eigenvalue weighted by Gasteiger charge is 2.17. The zero-order chi connectivity index (χ0) is 15.0. The number of nitrogens with one attached hydrogen (secondary N) is 1. The van der Waals surface area contributed by atoms with E-state index >= 15 is 0 Å².